The van der Waals surface area contributed by atoms with Gasteiger partial charge >= 0.3 is 0 Å². The van der Waals surface area contributed by atoms with E-state index in [1.54, 1.807) is 0 Å². The lowest BCUT2D eigenvalue weighted by atomic mass is 9.84. The van der Waals surface area contributed by atoms with Crippen molar-refractivity contribution in [3.63, 3.8) is 0 Å². The van der Waals surface area contributed by atoms with Gasteiger partial charge in [0.2, 0.25) is 12.1 Å². The predicted octanol–water partition coefficient (Wildman–Crippen LogP) is -8.65. The smallest absolute Gasteiger partial charge is 0.221 e. The van der Waals surface area contributed by atoms with E-state index in [1.165, 1.54) is 0 Å². The molecule has 19 heteroatoms. The molecule has 0 unspecified atom stereocenters. The second-order valence-electron chi connectivity index (χ2n) is 11.0. The first-order chi connectivity index (χ1) is 19.8. The molecular weight excluding hydrogens is 570 g/mol. The van der Waals surface area contributed by atoms with Crippen molar-refractivity contribution in [2.75, 3.05) is 19.8 Å². The third kappa shape index (κ3) is 6.49. The molecule has 17 N–H and O–H groups in total. The summed E-state index contributed by atoms with van der Waals surface area (Å²) in [5.41, 5.74) is 29.8. The number of nitrogens with two attached hydrogens (primary N) is 5. The van der Waals surface area contributed by atoms with Crippen molar-refractivity contribution in [2.45, 2.75) is 117 Å². The molecule has 3 aliphatic heterocycles. The van der Waals surface area contributed by atoms with Gasteiger partial charge in [0.1, 0.15) is 54.9 Å². The van der Waals surface area contributed by atoms with Crippen molar-refractivity contribution in [3.05, 3.63) is 0 Å². The lowest BCUT2D eigenvalue weighted by molar-refractivity contribution is -0.305. The van der Waals surface area contributed by atoms with Crippen LogP contribution < -0.4 is 28.7 Å². The zero-order chi connectivity index (χ0) is 31.0. The Labute approximate surface area is 240 Å². The van der Waals surface area contributed by atoms with Crippen LogP contribution in [0.15, 0.2) is 0 Å². The lowest BCUT2D eigenvalue weighted by Crippen LogP contribution is -2.68. The van der Waals surface area contributed by atoms with Crippen molar-refractivity contribution >= 4 is 5.78 Å². The summed E-state index contributed by atoms with van der Waals surface area (Å²) in [5, 5.41) is 71.1. The highest BCUT2D eigenvalue weighted by Crippen LogP contribution is 2.33. The number of Topliss-reactive ketones (excluding diaryl/α,β-unsaturated/α-hetero) is 1. The van der Waals surface area contributed by atoms with Crippen molar-refractivity contribution < 1.29 is 69.0 Å². The molecule has 0 radical (unpaired) electrons. The van der Waals surface area contributed by atoms with Crippen LogP contribution in [-0.2, 0) is 33.2 Å². The van der Waals surface area contributed by atoms with E-state index >= 15 is 0 Å². The highest BCUT2D eigenvalue weighted by atomic mass is 16.8. The van der Waals surface area contributed by atoms with E-state index in [1.807, 2.05) is 0 Å². The zero-order valence-corrected chi connectivity index (χ0v) is 22.6. The van der Waals surface area contributed by atoms with Gasteiger partial charge in [-0.3, -0.25) is 4.79 Å². The topological polar surface area (TPSA) is 344 Å². The standard InChI is InChI=1S/C23H43N5O14/c24-2-7-13(32)15(34)10(27)21(37-7)41-19-9(4-30)39-23(17(19)36)42-20-12(31)5(25)1-6(26)18(20)40-22-11(28)16(35)14(33)8(3-29)38-22/h5-16,18-23,29-35H,1-4,24-28H2/t5-,6+,7+,8-,9-,10-,11-,12+,13-,14-,15-,16-,18-,19-,20-,21-,22-,23+/m1/s1. The quantitative estimate of drug-likeness (QED) is 0.115. The second-order valence-corrected chi connectivity index (χ2v) is 11.0. The number of aliphatic hydroxyl groups excluding tert-OH is 7. The molecule has 3 saturated heterocycles. The van der Waals surface area contributed by atoms with E-state index in [-0.39, 0.29) is 13.0 Å². The first kappa shape index (κ1) is 33.8. The molecule has 19 nitrogen and oxygen atoms in total. The maximum Gasteiger partial charge on any atom is 0.221 e. The van der Waals surface area contributed by atoms with Gasteiger partial charge in [0.15, 0.2) is 18.7 Å². The number of ketones is 1. The number of carbonyl (C=O) groups is 1. The van der Waals surface area contributed by atoms with E-state index in [2.05, 4.69) is 0 Å². The monoisotopic (exact) mass is 613 g/mol. The Morgan fingerprint density at radius 3 is 1.79 bits per heavy atom. The van der Waals surface area contributed by atoms with E-state index in [9.17, 15) is 40.5 Å². The van der Waals surface area contributed by atoms with Crippen LogP contribution >= 0.6 is 0 Å². The predicted molar refractivity (Wildman–Crippen MR) is 135 cm³/mol. The van der Waals surface area contributed by atoms with Crippen molar-refractivity contribution in [1.82, 2.24) is 0 Å². The Kier molecular flexibility index (Phi) is 11.2. The van der Waals surface area contributed by atoms with Crippen molar-refractivity contribution in [2.24, 2.45) is 28.7 Å². The van der Waals surface area contributed by atoms with Crippen LogP contribution in [0.1, 0.15) is 6.42 Å². The normalized spacial score (nSPS) is 52.0. The molecule has 0 aromatic heterocycles. The van der Waals surface area contributed by atoms with Gasteiger partial charge in [-0.1, -0.05) is 0 Å². The average Bonchev–Trinajstić information content (AvgIpc) is 3.27. The molecule has 0 amide bonds. The number of ether oxygens (including phenoxy) is 6. The summed E-state index contributed by atoms with van der Waals surface area (Å²) >= 11 is 0. The molecule has 0 aromatic carbocycles. The van der Waals surface area contributed by atoms with Gasteiger partial charge in [0, 0.05) is 18.6 Å². The largest absolute Gasteiger partial charge is 0.394 e. The summed E-state index contributed by atoms with van der Waals surface area (Å²) in [6.45, 7) is -1.58. The van der Waals surface area contributed by atoms with Gasteiger partial charge in [-0.2, -0.15) is 0 Å². The third-order valence-electron chi connectivity index (χ3n) is 8.16. The van der Waals surface area contributed by atoms with Gasteiger partial charge < -0.3 is 92.8 Å². The molecule has 3 heterocycles. The van der Waals surface area contributed by atoms with Gasteiger partial charge in [0.05, 0.1) is 31.4 Å². The van der Waals surface area contributed by atoms with Crippen molar-refractivity contribution in [3.8, 4) is 0 Å². The summed E-state index contributed by atoms with van der Waals surface area (Å²) < 4.78 is 34.0. The van der Waals surface area contributed by atoms with Crippen LogP contribution in [0.2, 0.25) is 0 Å². The number of aliphatic hydroxyl groups is 7. The minimum Gasteiger partial charge on any atom is -0.394 e. The third-order valence-corrected chi connectivity index (χ3v) is 8.16. The Morgan fingerprint density at radius 1 is 0.667 bits per heavy atom. The summed E-state index contributed by atoms with van der Waals surface area (Å²) in [7, 11) is 0. The Hall–Kier alpha value is -1.05. The molecule has 4 rings (SSSR count). The number of hydrogen-bond acceptors (Lipinski definition) is 19. The molecule has 18 atom stereocenters. The maximum atomic E-state index is 13.4. The van der Waals surface area contributed by atoms with Crippen LogP contribution in [0.5, 0.6) is 0 Å². The fourth-order valence-corrected chi connectivity index (χ4v) is 5.55. The molecular formula is C23H43N5O14. The molecule has 0 bridgehead atoms. The fraction of sp³-hybridized carbons (Fsp3) is 0.957. The molecule has 1 saturated carbocycles. The number of carbonyl (C=O) groups excluding carboxylic acids is 1. The van der Waals surface area contributed by atoms with Crippen LogP contribution in [0.4, 0.5) is 0 Å². The molecule has 0 aromatic rings. The van der Waals surface area contributed by atoms with Crippen LogP contribution in [-0.4, -0.2) is 171 Å². The fourth-order valence-electron chi connectivity index (χ4n) is 5.55. The van der Waals surface area contributed by atoms with Crippen LogP contribution in [0, 0.1) is 0 Å². The summed E-state index contributed by atoms with van der Waals surface area (Å²) in [6.07, 6.45) is -19.7. The average molecular weight is 614 g/mol. The summed E-state index contributed by atoms with van der Waals surface area (Å²) in [6, 6.07) is -4.42. The Bertz CT molecular complexity index is 908. The summed E-state index contributed by atoms with van der Waals surface area (Å²) in [4.78, 5) is 13.4. The first-order valence-corrected chi connectivity index (χ1v) is 13.6. The first-order valence-electron chi connectivity index (χ1n) is 13.6. The van der Waals surface area contributed by atoms with Crippen molar-refractivity contribution in [1.29, 1.82) is 0 Å². The lowest BCUT2D eigenvalue weighted by Gasteiger charge is -2.47. The molecule has 4 aliphatic rings. The molecule has 0 spiro atoms. The Morgan fingerprint density at radius 2 is 1.21 bits per heavy atom. The van der Waals surface area contributed by atoms with Gasteiger partial charge in [-0.05, 0) is 6.42 Å². The van der Waals surface area contributed by atoms with Crippen LogP contribution in [0.3, 0.4) is 0 Å². The zero-order valence-electron chi connectivity index (χ0n) is 22.6. The van der Waals surface area contributed by atoms with E-state index < -0.39 is 129 Å². The van der Waals surface area contributed by atoms with E-state index in [0.717, 1.165) is 0 Å². The maximum absolute atomic E-state index is 13.4. The highest BCUT2D eigenvalue weighted by Gasteiger charge is 2.54. The van der Waals surface area contributed by atoms with E-state index in [4.69, 9.17) is 57.1 Å². The Balaban J connectivity index is 1.50. The second kappa shape index (κ2) is 13.9. The van der Waals surface area contributed by atoms with E-state index in [0.29, 0.717) is 0 Å². The van der Waals surface area contributed by atoms with Gasteiger partial charge in [-0.15, -0.1) is 0 Å². The SMILES string of the molecule is NC[C@@H]1O[C@H](O[C@H]2C(=O)[C@H](O[C@@H]3[C@@H](O)[C@H](N)C[C@H](N)[C@H]3O[C@H]3O[C@H](CO)[C@@H](O)[C@H](O)[C@H]3N)O[C@@H]2CO)[C@H](N)[C@@H](O)[C@@H]1O. The molecule has 244 valence electrons. The minimum absolute atomic E-state index is 0.0418. The van der Waals surface area contributed by atoms with Gasteiger partial charge in [0.25, 0.3) is 0 Å². The molecule has 4 fully saturated rings. The molecule has 42 heavy (non-hydrogen) atoms. The summed E-state index contributed by atoms with van der Waals surface area (Å²) in [5.74, 6) is -0.849. The number of rotatable bonds is 9. The highest BCUT2D eigenvalue weighted by molar-refractivity contribution is 5.88. The minimum atomic E-state index is -1.74. The van der Waals surface area contributed by atoms with Crippen LogP contribution in [0.25, 0.3) is 0 Å². The van der Waals surface area contributed by atoms with Gasteiger partial charge in [-0.25, -0.2) is 0 Å². The number of hydrogen-bond donors (Lipinski definition) is 12. The molecule has 1 aliphatic carbocycles.